The van der Waals surface area contributed by atoms with Crippen LogP contribution in [0, 0.1) is 11.8 Å². The molecular formula is C12H20S2. The molecule has 1 saturated heterocycles. The Morgan fingerprint density at radius 1 is 0.857 bits per heavy atom. The first kappa shape index (κ1) is 9.89. The molecule has 4 rings (SSSR count). The fourth-order valence-electron chi connectivity index (χ4n) is 3.54. The van der Waals surface area contributed by atoms with Gasteiger partial charge in [-0.15, -0.1) is 23.5 Å². The predicted octanol–water partition coefficient (Wildman–Crippen LogP) is 4.15. The van der Waals surface area contributed by atoms with Gasteiger partial charge >= 0.3 is 0 Å². The maximum absolute atomic E-state index is 2.33. The third-order valence-corrected chi connectivity index (χ3v) is 7.93. The standard InChI is InChI=1S/C12H20S2/c1-3-10-5-6-11(4-1)12(9-10)13-7-2-8-14-12/h10-11H,1-9H2. The Bertz CT molecular complexity index is 204. The number of fused-ring (bicyclic) bond motifs is 3. The summed E-state index contributed by atoms with van der Waals surface area (Å²) in [5, 5.41) is 0. The minimum absolute atomic E-state index is 0.692. The van der Waals surface area contributed by atoms with Gasteiger partial charge in [-0.25, -0.2) is 0 Å². The molecule has 0 aromatic carbocycles. The topological polar surface area (TPSA) is 0 Å². The van der Waals surface area contributed by atoms with E-state index in [2.05, 4.69) is 23.5 Å². The van der Waals surface area contributed by atoms with Gasteiger partial charge in [0.1, 0.15) is 0 Å². The Labute approximate surface area is 96.0 Å². The van der Waals surface area contributed by atoms with E-state index in [1.807, 2.05) is 0 Å². The Hall–Kier alpha value is 0.700. The molecule has 0 N–H and O–H groups in total. The Morgan fingerprint density at radius 2 is 1.71 bits per heavy atom. The van der Waals surface area contributed by atoms with E-state index in [9.17, 15) is 0 Å². The molecule has 80 valence electrons. The predicted molar refractivity (Wildman–Crippen MR) is 66.9 cm³/mol. The van der Waals surface area contributed by atoms with Crippen LogP contribution in [-0.2, 0) is 0 Å². The first-order valence-corrected chi connectivity index (χ1v) is 8.14. The Balaban J connectivity index is 1.83. The first-order chi connectivity index (χ1) is 6.89. The molecule has 1 aliphatic heterocycles. The van der Waals surface area contributed by atoms with Crippen molar-refractivity contribution in [3.63, 3.8) is 0 Å². The first-order valence-electron chi connectivity index (χ1n) is 6.17. The third kappa shape index (κ3) is 1.63. The van der Waals surface area contributed by atoms with Gasteiger partial charge in [0.05, 0.1) is 4.08 Å². The Kier molecular flexibility index (Phi) is 2.78. The summed E-state index contributed by atoms with van der Waals surface area (Å²) in [5.74, 6) is 5.04. The largest absolute Gasteiger partial charge is 0.144 e. The maximum Gasteiger partial charge on any atom is 0.0641 e. The van der Waals surface area contributed by atoms with Crippen molar-refractivity contribution in [1.29, 1.82) is 0 Å². The molecule has 1 spiro atoms. The van der Waals surface area contributed by atoms with E-state index in [1.54, 1.807) is 25.7 Å². The molecule has 14 heavy (non-hydrogen) atoms. The van der Waals surface area contributed by atoms with Gasteiger partial charge < -0.3 is 0 Å². The zero-order valence-corrected chi connectivity index (χ0v) is 10.5. The number of rotatable bonds is 0. The highest BCUT2D eigenvalue weighted by Crippen LogP contribution is 2.59. The molecule has 0 aromatic rings. The van der Waals surface area contributed by atoms with Crippen molar-refractivity contribution in [1.82, 2.24) is 0 Å². The molecule has 3 aliphatic carbocycles. The van der Waals surface area contributed by atoms with Crippen LogP contribution >= 0.6 is 23.5 Å². The minimum Gasteiger partial charge on any atom is -0.144 e. The lowest BCUT2D eigenvalue weighted by molar-refractivity contribution is 0.298. The smallest absolute Gasteiger partial charge is 0.0641 e. The van der Waals surface area contributed by atoms with Crippen LogP contribution in [0.15, 0.2) is 0 Å². The lowest BCUT2D eigenvalue weighted by Gasteiger charge is -2.46. The van der Waals surface area contributed by atoms with Crippen molar-refractivity contribution in [3.05, 3.63) is 0 Å². The minimum atomic E-state index is 0.692. The molecule has 4 aliphatic rings. The molecule has 0 aromatic heterocycles. The van der Waals surface area contributed by atoms with Crippen LogP contribution in [0.5, 0.6) is 0 Å². The van der Waals surface area contributed by atoms with Gasteiger partial charge in [-0.05, 0) is 49.0 Å². The van der Waals surface area contributed by atoms with Crippen molar-refractivity contribution < 1.29 is 0 Å². The fraction of sp³-hybridized carbons (Fsp3) is 1.00. The molecule has 0 amide bonds. The van der Waals surface area contributed by atoms with Gasteiger partial charge in [-0.2, -0.15) is 0 Å². The molecule has 0 radical (unpaired) electrons. The number of hydrogen-bond acceptors (Lipinski definition) is 2. The van der Waals surface area contributed by atoms with Gasteiger partial charge in [0.2, 0.25) is 0 Å². The maximum atomic E-state index is 2.33. The van der Waals surface area contributed by atoms with Gasteiger partial charge in [-0.3, -0.25) is 0 Å². The molecule has 2 bridgehead atoms. The summed E-state index contributed by atoms with van der Waals surface area (Å²) in [6.45, 7) is 0. The molecule has 2 unspecified atom stereocenters. The quantitative estimate of drug-likeness (QED) is 0.611. The second-order valence-corrected chi connectivity index (χ2v) is 8.25. The van der Waals surface area contributed by atoms with E-state index >= 15 is 0 Å². The Morgan fingerprint density at radius 3 is 2.57 bits per heavy atom. The van der Waals surface area contributed by atoms with Crippen LogP contribution in [0.2, 0.25) is 0 Å². The lowest BCUT2D eigenvalue weighted by Crippen LogP contribution is -2.38. The van der Waals surface area contributed by atoms with Crippen molar-refractivity contribution in [3.8, 4) is 0 Å². The summed E-state index contributed by atoms with van der Waals surface area (Å²) < 4.78 is 0.692. The fourth-order valence-corrected chi connectivity index (χ4v) is 7.47. The van der Waals surface area contributed by atoms with Crippen LogP contribution in [0.3, 0.4) is 0 Å². The average Bonchev–Trinajstić information content (AvgIpc) is 2.52. The summed E-state index contributed by atoms with van der Waals surface area (Å²) in [7, 11) is 0. The van der Waals surface area contributed by atoms with Crippen LogP contribution in [-0.4, -0.2) is 15.6 Å². The second kappa shape index (κ2) is 3.93. The summed E-state index contributed by atoms with van der Waals surface area (Å²) in [6.07, 6.45) is 10.7. The van der Waals surface area contributed by atoms with Crippen LogP contribution in [0.1, 0.15) is 44.9 Å². The zero-order valence-electron chi connectivity index (χ0n) is 8.84. The highest BCUT2D eigenvalue weighted by molar-refractivity contribution is 8.18. The molecule has 0 nitrogen and oxygen atoms in total. The van der Waals surface area contributed by atoms with Gasteiger partial charge in [-0.1, -0.05) is 19.3 Å². The zero-order chi connectivity index (χ0) is 9.43. The van der Waals surface area contributed by atoms with E-state index in [0.717, 1.165) is 11.8 Å². The van der Waals surface area contributed by atoms with E-state index in [4.69, 9.17) is 0 Å². The van der Waals surface area contributed by atoms with Gasteiger partial charge in [0.25, 0.3) is 0 Å². The summed E-state index contributed by atoms with van der Waals surface area (Å²) in [5.41, 5.74) is 0. The molecule has 1 heterocycles. The van der Waals surface area contributed by atoms with Crippen molar-refractivity contribution in [2.75, 3.05) is 11.5 Å². The molecular weight excluding hydrogens is 208 g/mol. The van der Waals surface area contributed by atoms with Crippen LogP contribution in [0.25, 0.3) is 0 Å². The van der Waals surface area contributed by atoms with Crippen molar-refractivity contribution in [2.24, 2.45) is 11.8 Å². The van der Waals surface area contributed by atoms with E-state index < -0.39 is 0 Å². The van der Waals surface area contributed by atoms with Crippen molar-refractivity contribution in [2.45, 2.75) is 49.0 Å². The highest BCUT2D eigenvalue weighted by Gasteiger charge is 2.47. The van der Waals surface area contributed by atoms with E-state index in [0.29, 0.717) is 4.08 Å². The molecule has 2 atom stereocenters. The summed E-state index contributed by atoms with van der Waals surface area (Å²) in [6, 6.07) is 0. The third-order valence-electron chi connectivity index (χ3n) is 4.26. The highest BCUT2D eigenvalue weighted by atomic mass is 32.2. The number of hydrogen-bond donors (Lipinski definition) is 0. The van der Waals surface area contributed by atoms with Gasteiger partial charge in [0, 0.05) is 0 Å². The normalized spacial score (nSPS) is 41.1. The molecule has 2 heteroatoms. The lowest BCUT2D eigenvalue weighted by atomic mass is 9.83. The average molecular weight is 228 g/mol. The summed E-state index contributed by atoms with van der Waals surface area (Å²) in [4.78, 5) is 0. The number of thioether (sulfide) groups is 2. The van der Waals surface area contributed by atoms with Crippen LogP contribution in [0.4, 0.5) is 0 Å². The molecule has 3 saturated carbocycles. The monoisotopic (exact) mass is 228 g/mol. The van der Waals surface area contributed by atoms with E-state index in [-0.39, 0.29) is 0 Å². The van der Waals surface area contributed by atoms with Gasteiger partial charge in [0.15, 0.2) is 0 Å². The van der Waals surface area contributed by atoms with Crippen molar-refractivity contribution >= 4 is 23.5 Å². The summed E-state index contributed by atoms with van der Waals surface area (Å²) >= 11 is 4.65. The van der Waals surface area contributed by atoms with Crippen LogP contribution < -0.4 is 0 Å². The second-order valence-electron chi connectivity index (χ2n) is 5.14. The van der Waals surface area contributed by atoms with E-state index in [1.165, 1.54) is 30.8 Å². The SMILES string of the molecule is C1CSC2(CC3CCCC2CC3)SC1. The molecule has 4 fully saturated rings.